The van der Waals surface area contributed by atoms with Gasteiger partial charge in [-0.2, -0.15) is 22.3 Å². The maximum absolute atomic E-state index is 13.6. The second-order valence-electron chi connectivity index (χ2n) is 4.43. The Bertz CT molecular complexity index is 1020. The zero-order valence-electron chi connectivity index (χ0n) is 11.9. The lowest BCUT2D eigenvalue weighted by molar-refractivity contribution is 0.405. The fraction of sp³-hybridized carbons (Fsp3) is 0.0833. The van der Waals surface area contributed by atoms with Crippen LogP contribution < -0.4 is 9.46 Å². The molecule has 0 atom stereocenters. The lowest BCUT2D eigenvalue weighted by Crippen LogP contribution is -2.17. The van der Waals surface area contributed by atoms with Crippen LogP contribution in [0, 0.1) is 17.7 Å². The van der Waals surface area contributed by atoms with Crippen molar-refractivity contribution in [3.8, 4) is 5.75 Å². The molecule has 3 rings (SSSR count). The van der Waals surface area contributed by atoms with Crippen LogP contribution in [0.3, 0.4) is 0 Å². The second-order valence-corrected chi connectivity index (χ2v) is 6.00. The Morgan fingerprint density at radius 1 is 1.21 bits per heavy atom. The topological polar surface area (TPSA) is 98.5 Å². The normalized spacial score (nSPS) is 11.7. The van der Waals surface area contributed by atoms with Crippen molar-refractivity contribution in [2.45, 2.75) is 5.16 Å². The van der Waals surface area contributed by atoms with Gasteiger partial charge in [-0.1, -0.05) is 6.07 Å². The van der Waals surface area contributed by atoms with Gasteiger partial charge in [-0.15, -0.1) is 5.10 Å². The molecule has 1 aromatic carbocycles. The highest BCUT2D eigenvalue weighted by Crippen LogP contribution is 2.23. The van der Waals surface area contributed by atoms with Gasteiger partial charge in [0.2, 0.25) is 5.65 Å². The first-order valence-corrected chi connectivity index (χ1v) is 7.74. The van der Waals surface area contributed by atoms with Crippen molar-refractivity contribution in [2.75, 3.05) is 11.8 Å². The second kappa shape index (κ2) is 5.63. The van der Waals surface area contributed by atoms with E-state index >= 15 is 0 Å². The van der Waals surface area contributed by atoms with Gasteiger partial charge in [0.05, 0.1) is 13.3 Å². The molecule has 0 amide bonds. The van der Waals surface area contributed by atoms with E-state index in [1.807, 2.05) is 0 Å². The number of fused-ring (bicyclic) bond motifs is 1. The third-order valence-corrected chi connectivity index (χ3v) is 4.06. The summed E-state index contributed by atoms with van der Waals surface area (Å²) < 4.78 is 72.3. The third-order valence-electron chi connectivity index (χ3n) is 2.93. The summed E-state index contributed by atoms with van der Waals surface area (Å²) in [4.78, 5) is 6.94. The molecule has 0 aliphatic rings. The highest BCUT2D eigenvalue weighted by molar-refractivity contribution is 7.92. The monoisotopic (exact) mass is 359 g/mol. The largest absolute Gasteiger partial charge is 0.491 e. The summed E-state index contributed by atoms with van der Waals surface area (Å²) in [7, 11) is -3.34. The average Bonchev–Trinajstić information content (AvgIpc) is 2.99. The van der Waals surface area contributed by atoms with Gasteiger partial charge in [-0.05, 0) is 12.1 Å². The van der Waals surface area contributed by atoms with E-state index in [4.69, 9.17) is 4.74 Å². The lowest BCUT2D eigenvalue weighted by atomic mass is 10.3. The molecule has 0 fully saturated rings. The molecule has 0 aliphatic heterocycles. The molecule has 8 nitrogen and oxygen atoms in total. The molecule has 0 bridgehead atoms. The number of para-hydroxylation sites is 1. The molecule has 2 heterocycles. The summed E-state index contributed by atoms with van der Waals surface area (Å²) in [5, 5.41) is 2.53. The Kier molecular flexibility index (Phi) is 3.75. The number of benzene rings is 1. The predicted molar refractivity (Wildman–Crippen MR) is 74.5 cm³/mol. The van der Waals surface area contributed by atoms with Gasteiger partial charge in [0.15, 0.2) is 5.75 Å². The molecule has 0 saturated heterocycles. The van der Waals surface area contributed by atoms with Gasteiger partial charge in [-0.25, -0.2) is 13.8 Å². The van der Waals surface area contributed by atoms with Crippen LogP contribution >= 0.6 is 0 Å². The summed E-state index contributed by atoms with van der Waals surface area (Å²) in [5.41, 5.74) is -1.17. The number of methoxy groups -OCH3 is 1. The van der Waals surface area contributed by atoms with E-state index in [0.29, 0.717) is 4.52 Å². The lowest BCUT2D eigenvalue weighted by Gasteiger charge is -2.06. The fourth-order valence-electron chi connectivity index (χ4n) is 1.84. The molecule has 0 unspecified atom stereocenters. The first kappa shape index (κ1) is 16.0. The number of hydrogen-bond acceptors (Lipinski definition) is 6. The summed E-state index contributed by atoms with van der Waals surface area (Å²) in [6, 6.07) is 2.80. The quantitative estimate of drug-likeness (QED) is 0.706. The van der Waals surface area contributed by atoms with Crippen LogP contribution in [0.4, 0.5) is 18.9 Å². The smallest absolute Gasteiger partial charge is 0.312 e. The number of nitrogens with zero attached hydrogens (tertiary/aromatic N) is 4. The van der Waals surface area contributed by atoms with E-state index in [-0.39, 0.29) is 11.4 Å². The minimum absolute atomic E-state index is 0.0394. The Morgan fingerprint density at radius 2 is 1.88 bits per heavy atom. The molecule has 12 heteroatoms. The predicted octanol–water partition coefficient (Wildman–Crippen LogP) is 1.35. The van der Waals surface area contributed by atoms with Crippen molar-refractivity contribution in [1.82, 2.24) is 19.6 Å². The van der Waals surface area contributed by atoms with Crippen LogP contribution in [-0.2, 0) is 10.0 Å². The fourth-order valence-corrected chi connectivity index (χ4v) is 2.79. The summed E-state index contributed by atoms with van der Waals surface area (Å²) in [6.45, 7) is 0. The average molecular weight is 359 g/mol. The molecular formula is C12H8F3N5O3S. The van der Waals surface area contributed by atoms with Crippen LogP contribution in [0.1, 0.15) is 0 Å². The van der Waals surface area contributed by atoms with Gasteiger partial charge in [0, 0.05) is 0 Å². The Labute approximate surface area is 133 Å². The highest BCUT2D eigenvalue weighted by atomic mass is 32.2. The molecule has 126 valence electrons. The van der Waals surface area contributed by atoms with E-state index in [2.05, 4.69) is 15.1 Å². The van der Waals surface area contributed by atoms with Crippen LogP contribution in [0.2, 0.25) is 0 Å². The number of rotatable bonds is 4. The number of aromatic nitrogens is 4. The number of anilines is 1. The van der Waals surface area contributed by atoms with Crippen molar-refractivity contribution in [3.63, 3.8) is 0 Å². The van der Waals surface area contributed by atoms with E-state index in [1.54, 1.807) is 4.72 Å². The third kappa shape index (κ3) is 2.60. The van der Waals surface area contributed by atoms with Crippen LogP contribution in [0.5, 0.6) is 5.75 Å². The van der Waals surface area contributed by atoms with E-state index in [9.17, 15) is 21.6 Å². The van der Waals surface area contributed by atoms with E-state index in [0.717, 1.165) is 24.4 Å². The number of ether oxygens (including phenoxy) is 1. The van der Waals surface area contributed by atoms with Gasteiger partial charge >= 0.3 is 6.08 Å². The first-order valence-electron chi connectivity index (χ1n) is 6.25. The zero-order valence-corrected chi connectivity index (χ0v) is 12.7. The van der Waals surface area contributed by atoms with Gasteiger partial charge in [0.25, 0.3) is 15.2 Å². The molecule has 1 N–H and O–H groups in total. The summed E-state index contributed by atoms with van der Waals surface area (Å²) in [6.07, 6.45) is -0.156. The van der Waals surface area contributed by atoms with Crippen LogP contribution in [0.25, 0.3) is 5.65 Å². The van der Waals surface area contributed by atoms with Crippen molar-refractivity contribution in [1.29, 1.82) is 0 Å². The van der Waals surface area contributed by atoms with Crippen molar-refractivity contribution in [3.05, 3.63) is 42.1 Å². The minimum Gasteiger partial charge on any atom is -0.491 e. The molecular weight excluding hydrogens is 351 g/mol. The van der Waals surface area contributed by atoms with Gasteiger partial charge < -0.3 is 4.74 Å². The molecule has 0 radical (unpaired) electrons. The molecule has 3 aromatic rings. The van der Waals surface area contributed by atoms with E-state index in [1.165, 1.54) is 7.11 Å². The maximum atomic E-state index is 13.6. The van der Waals surface area contributed by atoms with Crippen LogP contribution in [0.15, 0.2) is 29.6 Å². The van der Waals surface area contributed by atoms with Crippen molar-refractivity contribution in [2.24, 2.45) is 0 Å². The maximum Gasteiger partial charge on any atom is 0.312 e. The SMILES string of the molecule is COc1cnc(F)n2nc(S(=O)(=O)Nc3c(F)cccc3F)nc12. The number of sulfonamides is 1. The summed E-state index contributed by atoms with van der Waals surface area (Å²) in [5.74, 6) is -2.30. The molecule has 0 saturated carbocycles. The Balaban J connectivity index is 2.11. The Hall–Kier alpha value is -2.89. The highest BCUT2D eigenvalue weighted by Gasteiger charge is 2.26. The number of nitrogens with one attached hydrogen (secondary N) is 1. The molecule has 0 spiro atoms. The summed E-state index contributed by atoms with van der Waals surface area (Å²) >= 11 is 0. The van der Waals surface area contributed by atoms with Crippen molar-refractivity contribution < 1.29 is 26.3 Å². The molecule has 2 aromatic heterocycles. The van der Waals surface area contributed by atoms with Crippen molar-refractivity contribution >= 4 is 21.4 Å². The standard InChI is InChI=1S/C12H8F3N5O3S/c1-23-8-5-16-11(15)20-10(8)17-12(18-20)24(21,22)19-9-6(13)3-2-4-7(9)14/h2-5,19H,1H3. The minimum atomic E-state index is -4.58. The first-order chi connectivity index (χ1) is 11.3. The Morgan fingerprint density at radius 3 is 2.50 bits per heavy atom. The van der Waals surface area contributed by atoms with Crippen LogP contribution in [-0.4, -0.2) is 35.1 Å². The molecule has 0 aliphatic carbocycles. The zero-order chi connectivity index (χ0) is 17.5. The van der Waals surface area contributed by atoms with Gasteiger partial charge in [-0.3, -0.25) is 4.72 Å². The number of halogens is 3. The van der Waals surface area contributed by atoms with Gasteiger partial charge in [0.1, 0.15) is 17.3 Å². The van der Waals surface area contributed by atoms with E-state index < -0.39 is 38.6 Å². The molecule has 24 heavy (non-hydrogen) atoms. The number of hydrogen-bond donors (Lipinski definition) is 1.